The van der Waals surface area contributed by atoms with E-state index in [1.54, 1.807) is 12.1 Å². The summed E-state index contributed by atoms with van der Waals surface area (Å²) in [5, 5.41) is 15.6. The van der Waals surface area contributed by atoms with Crippen LogP contribution in [0.4, 0.5) is 0 Å². The highest BCUT2D eigenvalue weighted by atomic mass is 79.9. The average Bonchev–Trinajstić information content (AvgIpc) is 1.65. The van der Waals surface area contributed by atoms with Crippen molar-refractivity contribution in [3.05, 3.63) is 0 Å². The van der Waals surface area contributed by atoms with Crippen molar-refractivity contribution < 1.29 is 0 Å². The first-order valence-electron chi connectivity index (χ1n) is 1.24. The van der Waals surface area contributed by atoms with Crippen molar-refractivity contribution in [2.75, 3.05) is 0 Å². The van der Waals surface area contributed by atoms with Crippen LogP contribution in [0.1, 0.15) is 0 Å². The number of rotatable bonds is 0. The van der Waals surface area contributed by atoms with Crippen LogP contribution in [0, 0.1) is 22.7 Å². The van der Waals surface area contributed by atoms with Crippen molar-refractivity contribution in [2.24, 2.45) is 0 Å². The molecule has 0 atom stereocenters. The van der Waals surface area contributed by atoms with Gasteiger partial charge in [0.15, 0.2) is 4.83 Å². The zero-order valence-corrected chi connectivity index (χ0v) is 4.44. The van der Waals surface area contributed by atoms with E-state index in [0.29, 0.717) is 0 Å². The van der Waals surface area contributed by atoms with Gasteiger partial charge in [-0.3, -0.25) is 0 Å². The lowest BCUT2D eigenvalue weighted by molar-refractivity contribution is 1.36. The van der Waals surface area contributed by atoms with Gasteiger partial charge in [-0.15, -0.1) is 0 Å². The van der Waals surface area contributed by atoms with Crippen LogP contribution in [0.2, 0.25) is 0 Å². The molecule has 0 aromatic heterocycles. The Labute approximate surface area is 44.1 Å². The van der Waals surface area contributed by atoms with Crippen molar-refractivity contribution in [3.63, 3.8) is 0 Å². The topological polar surface area (TPSA) is 47.6 Å². The molecule has 0 unspecified atom stereocenters. The van der Waals surface area contributed by atoms with E-state index in [9.17, 15) is 0 Å². The maximum absolute atomic E-state index is 7.82. The Balaban J connectivity index is 3.40. The maximum atomic E-state index is 7.82. The van der Waals surface area contributed by atoms with E-state index in [0.717, 1.165) is 0 Å². The van der Waals surface area contributed by atoms with Crippen LogP contribution >= 0.6 is 15.9 Å². The maximum Gasteiger partial charge on any atom is 0.187 e. The quantitative estimate of drug-likeness (QED) is 0.473. The molecule has 0 aliphatic carbocycles. The molecule has 0 bridgehead atoms. The highest BCUT2D eigenvalue weighted by Gasteiger charge is 1.91. The minimum atomic E-state index is -0.641. The third kappa shape index (κ3) is 1.75. The zero-order valence-electron chi connectivity index (χ0n) is 2.85. The fraction of sp³-hybridized carbons (Fsp3) is 0.333. The first-order chi connectivity index (χ1) is 2.81. The van der Waals surface area contributed by atoms with Crippen molar-refractivity contribution in [3.8, 4) is 12.1 Å². The molecule has 0 aromatic carbocycles. The summed E-state index contributed by atoms with van der Waals surface area (Å²) in [6.45, 7) is 0. The molecule has 3 heteroatoms. The molecular formula is C3HBrN2. The summed E-state index contributed by atoms with van der Waals surface area (Å²) in [7, 11) is 0. The monoisotopic (exact) mass is 144 g/mol. The molecular weight excluding hydrogens is 144 g/mol. The van der Waals surface area contributed by atoms with Gasteiger partial charge in [0, 0.05) is 0 Å². The minimum absolute atomic E-state index is 0.641. The Kier molecular flexibility index (Phi) is 2.44. The lowest BCUT2D eigenvalue weighted by atomic mass is 10.5. The first-order valence-corrected chi connectivity index (χ1v) is 2.16. The molecule has 0 spiro atoms. The van der Waals surface area contributed by atoms with E-state index in [4.69, 9.17) is 10.5 Å². The summed E-state index contributed by atoms with van der Waals surface area (Å²) < 4.78 is 0. The second kappa shape index (κ2) is 2.68. The Morgan fingerprint density at radius 3 is 1.67 bits per heavy atom. The number of nitrogens with zero attached hydrogens (tertiary/aromatic N) is 2. The van der Waals surface area contributed by atoms with Gasteiger partial charge in [0.05, 0.1) is 12.1 Å². The van der Waals surface area contributed by atoms with Gasteiger partial charge in [-0.05, 0) is 0 Å². The van der Waals surface area contributed by atoms with Crippen molar-refractivity contribution in [1.82, 2.24) is 0 Å². The highest BCUT2D eigenvalue weighted by Crippen LogP contribution is 1.90. The van der Waals surface area contributed by atoms with E-state index < -0.39 is 4.83 Å². The number of alkyl halides is 1. The molecule has 30 valence electrons. The normalized spacial score (nSPS) is 6.67. The lowest BCUT2D eigenvalue weighted by Crippen LogP contribution is -1.81. The Hall–Kier alpha value is -0.540. The Morgan fingerprint density at radius 2 is 1.67 bits per heavy atom. The van der Waals surface area contributed by atoms with Gasteiger partial charge in [-0.2, -0.15) is 10.5 Å². The van der Waals surface area contributed by atoms with E-state index in [2.05, 4.69) is 15.9 Å². The molecule has 0 amide bonds. The molecule has 0 rings (SSSR count). The third-order valence-electron chi connectivity index (χ3n) is 0.227. The second-order valence-electron chi connectivity index (χ2n) is 0.621. The fourth-order valence-electron chi connectivity index (χ4n) is 0.0289. The van der Waals surface area contributed by atoms with Crippen LogP contribution in [0.5, 0.6) is 0 Å². The number of hydrogen-bond donors (Lipinski definition) is 0. The zero-order chi connectivity index (χ0) is 4.99. The lowest BCUT2D eigenvalue weighted by Gasteiger charge is -1.70. The van der Waals surface area contributed by atoms with Crippen molar-refractivity contribution >= 4 is 15.9 Å². The van der Waals surface area contributed by atoms with E-state index in [1.165, 1.54) is 0 Å². The van der Waals surface area contributed by atoms with Crippen molar-refractivity contribution in [1.29, 1.82) is 10.5 Å². The highest BCUT2D eigenvalue weighted by molar-refractivity contribution is 9.09. The average molecular weight is 145 g/mol. The SMILES string of the molecule is N#CC(Br)C#N. The van der Waals surface area contributed by atoms with E-state index >= 15 is 0 Å². The predicted molar refractivity (Wildman–Crippen MR) is 23.9 cm³/mol. The van der Waals surface area contributed by atoms with Crippen LogP contribution < -0.4 is 0 Å². The van der Waals surface area contributed by atoms with Crippen LogP contribution in [0.3, 0.4) is 0 Å². The molecule has 0 saturated heterocycles. The van der Waals surface area contributed by atoms with Gasteiger partial charge in [0.2, 0.25) is 0 Å². The largest absolute Gasteiger partial charge is 0.196 e. The fourth-order valence-corrected chi connectivity index (χ4v) is 0.0289. The summed E-state index contributed by atoms with van der Waals surface area (Å²) in [6.07, 6.45) is 0. The van der Waals surface area contributed by atoms with Crippen molar-refractivity contribution in [2.45, 2.75) is 4.83 Å². The van der Waals surface area contributed by atoms with Crippen LogP contribution in [0.15, 0.2) is 0 Å². The smallest absolute Gasteiger partial charge is 0.187 e. The summed E-state index contributed by atoms with van der Waals surface area (Å²) in [5.41, 5.74) is 0. The molecule has 2 nitrogen and oxygen atoms in total. The first kappa shape index (κ1) is 5.46. The van der Waals surface area contributed by atoms with Gasteiger partial charge in [0.1, 0.15) is 0 Å². The predicted octanol–water partition coefficient (Wildman–Crippen LogP) is 0.797. The standard InChI is InChI=1S/C3HBrN2/c4-3(1-5)2-6/h3H. The van der Waals surface area contributed by atoms with Gasteiger partial charge >= 0.3 is 0 Å². The molecule has 0 N–H and O–H groups in total. The number of nitriles is 2. The molecule has 0 radical (unpaired) electrons. The van der Waals surface area contributed by atoms with Crippen LogP contribution in [-0.4, -0.2) is 4.83 Å². The molecule has 0 aliphatic heterocycles. The molecule has 0 fully saturated rings. The Morgan fingerprint density at radius 1 is 1.33 bits per heavy atom. The molecule has 0 saturated carbocycles. The summed E-state index contributed by atoms with van der Waals surface area (Å²) in [5.74, 6) is 0. The molecule has 0 aliphatic rings. The molecule has 6 heavy (non-hydrogen) atoms. The number of hydrogen-bond acceptors (Lipinski definition) is 2. The molecule has 0 heterocycles. The Bertz CT molecular complexity index is 92.9. The van der Waals surface area contributed by atoms with E-state index in [1.807, 2.05) is 0 Å². The van der Waals surface area contributed by atoms with Gasteiger partial charge in [-0.25, -0.2) is 0 Å². The minimum Gasteiger partial charge on any atom is -0.196 e. The van der Waals surface area contributed by atoms with Gasteiger partial charge < -0.3 is 0 Å². The van der Waals surface area contributed by atoms with Crippen LogP contribution in [-0.2, 0) is 0 Å². The van der Waals surface area contributed by atoms with Gasteiger partial charge in [-0.1, -0.05) is 15.9 Å². The molecule has 0 aromatic rings. The number of halogens is 1. The summed E-state index contributed by atoms with van der Waals surface area (Å²) >= 11 is 2.75. The van der Waals surface area contributed by atoms with Crippen LogP contribution in [0.25, 0.3) is 0 Å². The summed E-state index contributed by atoms with van der Waals surface area (Å²) in [4.78, 5) is -0.641. The third-order valence-corrected chi connectivity index (χ3v) is 0.636. The second-order valence-corrected chi connectivity index (χ2v) is 1.54. The summed E-state index contributed by atoms with van der Waals surface area (Å²) in [6, 6.07) is 3.34. The van der Waals surface area contributed by atoms with Gasteiger partial charge in [0.25, 0.3) is 0 Å². The van der Waals surface area contributed by atoms with E-state index in [-0.39, 0.29) is 0 Å².